The number of unbranched alkanes of at least 4 members (excludes halogenated alkanes) is 1. The van der Waals surface area contributed by atoms with Gasteiger partial charge >= 0.3 is 5.97 Å². The summed E-state index contributed by atoms with van der Waals surface area (Å²) in [7, 11) is 0. The summed E-state index contributed by atoms with van der Waals surface area (Å²) in [6.07, 6.45) is 5.84. The summed E-state index contributed by atoms with van der Waals surface area (Å²) in [5.41, 5.74) is -1.30. The average Bonchev–Trinajstić information content (AvgIpc) is 2.70. The third-order valence-corrected chi connectivity index (χ3v) is 4.12. The lowest BCUT2D eigenvalue weighted by Gasteiger charge is -2.26. The van der Waals surface area contributed by atoms with Crippen molar-refractivity contribution in [1.82, 2.24) is 0 Å². The third-order valence-electron chi connectivity index (χ3n) is 4.12. The summed E-state index contributed by atoms with van der Waals surface area (Å²) >= 11 is 0. The second kappa shape index (κ2) is 9.70. The maximum absolute atomic E-state index is 13.9. The van der Waals surface area contributed by atoms with Crippen molar-refractivity contribution in [2.75, 3.05) is 6.61 Å². The Kier molecular flexibility index (Phi) is 7.33. The molecule has 1 aliphatic rings. The zero-order chi connectivity index (χ0) is 20.6. The Morgan fingerprint density at radius 3 is 2.64 bits per heavy atom. The number of nitrogens with zero attached hydrogens (tertiary/aromatic N) is 2. The molecule has 1 aromatic carbocycles. The first-order chi connectivity index (χ1) is 13.4. The van der Waals surface area contributed by atoms with Crippen LogP contribution in [0.15, 0.2) is 46.9 Å². The summed E-state index contributed by atoms with van der Waals surface area (Å²) in [5.74, 6) is -0.100. The van der Waals surface area contributed by atoms with E-state index in [4.69, 9.17) is 19.5 Å². The van der Waals surface area contributed by atoms with Crippen LogP contribution in [-0.4, -0.2) is 25.0 Å². The quantitative estimate of drug-likeness (QED) is 0.357. The van der Waals surface area contributed by atoms with Gasteiger partial charge in [0.05, 0.1) is 18.2 Å². The Hall–Kier alpha value is -3.14. The number of allylic oxidation sites excluding steroid dienone is 4. The minimum absolute atomic E-state index is 0.0418. The van der Waals surface area contributed by atoms with Crippen molar-refractivity contribution in [1.29, 1.82) is 5.26 Å². The zero-order valence-corrected chi connectivity index (χ0v) is 16.0. The summed E-state index contributed by atoms with van der Waals surface area (Å²) in [6, 6.07) is 5.88. The lowest BCUT2D eigenvalue weighted by Crippen LogP contribution is -2.38. The third kappa shape index (κ3) is 5.43. The van der Waals surface area contributed by atoms with Gasteiger partial charge < -0.3 is 14.2 Å². The standard InChI is InChI=1S/C21H23FN2O4/c1-4-5-12-26-20(25)21(2,24-3)28-17-9-7-16(8-10-17)27-19-11-6-15(14-23)13-18(19)22/h6-7,9,11,13H,3-5,8,10,12H2,1-2H3/t21-/m1/s1. The average molecular weight is 386 g/mol. The first-order valence-corrected chi connectivity index (χ1v) is 9.03. The molecule has 6 nitrogen and oxygen atoms in total. The van der Waals surface area contributed by atoms with Crippen LogP contribution >= 0.6 is 0 Å². The topological polar surface area (TPSA) is 80.9 Å². The van der Waals surface area contributed by atoms with E-state index in [1.165, 1.54) is 19.1 Å². The molecule has 1 atom stereocenters. The zero-order valence-electron chi connectivity index (χ0n) is 16.0. The maximum atomic E-state index is 13.9. The van der Waals surface area contributed by atoms with E-state index in [-0.39, 0.29) is 11.3 Å². The van der Waals surface area contributed by atoms with Gasteiger partial charge in [-0.05, 0) is 43.5 Å². The number of ether oxygens (including phenoxy) is 3. The van der Waals surface area contributed by atoms with Gasteiger partial charge in [0.1, 0.15) is 11.5 Å². The highest BCUT2D eigenvalue weighted by atomic mass is 19.1. The number of hydrogen-bond donors (Lipinski definition) is 0. The Morgan fingerprint density at radius 1 is 1.36 bits per heavy atom. The Bertz CT molecular complexity index is 841. The molecule has 0 N–H and O–H groups in total. The van der Waals surface area contributed by atoms with Gasteiger partial charge in [-0.1, -0.05) is 13.3 Å². The number of carbonyl (C=O) groups excluding carboxylic acids is 1. The summed E-state index contributed by atoms with van der Waals surface area (Å²) in [5, 5.41) is 8.78. The number of hydrogen-bond acceptors (Lipinski definition) is 6. The normalized spacial score (nSPS) is 15.4. The fourth-order valence-electron chi connectivity index (χ4n) is 2.40. The minimum atomic E-state index is -1.52. The molecule has 0 spiro atoms. The predicted octanol–water partition coefficient (Wildman–Crippen LogP) is 4.41. The summed E-state index contributed by atoms with van der Waals surface area (Å²) < 4.78 is 30.4. The molecule has 0 saturated carbocycles. The fourth-order valence-corrected chi connectivity index (χ4v) is 2.40. The lowest BCUT2D eigenvalue weighted by molar-refractivity contribution is -0.165. The Balaban J connectivity index is 2.02. The van der Waals surface area contributed by atoms with Gasteiger partial charge in [-0.2, -0.15) is 5.26 Å². The van der Waals surface area contributed by atoms with Gasteiger partial charge in [-0.15, -0.1) is 0 Å². The van der Waals surface area contributed by atoms with Crippen LogP contribution in [0.5, 0.6) is 5.75 Å². The molecule has 0 aliphatic heterocycles. The molecule has 0 aromatic heterocycles. The molecule has 0 heterocycles. The van der Waals surface area contributed by atoms with Crippen LogP contribution in [0.3, 0.4) is 0 Å². The van der Waals surface area contributed by atoms with E-state index < -0.39 is 17.5 Å². The van der Waals surface area contributed by atoms with Gasteiger partial charge in [-0.3, -0.25) is 0 Å². The first-order valence-electron chi connectivity index (χ1n) is 9.03. The van der Waals surface area contributed by atoms with E-state index >= 15 is 0 Å². The van der Waals surface area contributed by atoms with E-state index in [1.54, 1.807) is 12.2 Å². The summed E-state index contributed by atoms with van der Waals surface area (Å²) in [4.78, 5) is 16.0. The van der Waals surface area contributed by atoms with Crippen LogP contribution in [0.1, 0.15) is 45.1 Å². The van der Waals surface area contributed by atoms with Gasteiger partial charge in [0, 0.05) is 19.8 Å². The molecule has 1 aromatic rings. The Morgan fingerprint density at radius 2 is 2.07 bits per heavy atom. The van der Waals surface area contributed by atoms with Crippen molar-refractivity contribution in [3.8, 4) is 11.8 Å². The number of esters is 1. The smallest absolute Gasteiger partial charge is 0.374 e. The molecule has 0 bridgehead atoms. The van der Waals surface area contributed by atoms with Crippen molar-refractivity contribution >= 4 is 12.7 Å². The molecule has 148 valence electrons. The van der Waals surface area contributed by atoms with Crippen LogP contribution in [0.4, 0.5) is 4.39 Å². The second-order valence-electron chi connectivity index (χ2n) is 6.36. The summed E-state index contributed by atoms with van der Waals surface area (Å²) in [6.45, 7) is 7.23. The minimum Gasteiger partial charge on any atom is -0.461 e. The molecular formula is C21H23FN2O4. The molecule has 0 unspecified atom stereocenters. The molecule has 0 amide bonds. The van der Waals surface area contributed by atoms with E-state index in [9.17, 15) is 9.18 Å². The van der Waals surface area contributed by atoms with Gasteiger partial charge in [0.2, 0.25) is 0 Å². The van der Waals surface area contributed by atoms with Gasteiger partial charge in [-0.25, -0.2) is 14.2 Å². The lowest BCUT2D eigenvalue weighted by atomic mass is 10.1. The van der Waals surface area contributed by atoms with Crippen molar-refractivity contribution in [2.24, 2.45) is 4.99 Å². The van der Waals surface area contributed by atoms with Gasteiger partial charge in [0.15, 0.2) is 11.6 Å². The van der Waals surface area contributed by atoms with Crippen LogP contribution in [0, 0.1) is 17.1 Å². The molecule has 1 aliphatic carbocycles. The SMILES string of the molecule is C=N[C@](C)(OC1=CC=C(Oc2ccc(C#N)cc2F)CC1)C(=O)OCCCC. The highest BCUT2D eigenvalue weighted by Crippen LogP contribution is 2.28. The number of nitriles is 1. The van der Waals surface area contributed by atoms with E-state index in [2.05, 4.69) is 11.7 Å². The second-order valence-corrected chi connectivity index (χ2v) is 6.36. The van der Waals surface area contributed by atoms with Crippen LogP contribution in [-0.2, 0) is 14.3 Å². The highest BCUT2D eigenvalue weighted by molar-refractivity contribution is 5.79. The Labute approximate surface area is 163 Å². The van der Waals surface area contributed by atoms with Crippen molar-refractivity contribution in [2.45, 2.75) is 45.3 Å². The number of benzene rings is 1. The molecule has 0 fully saturated rings. The number of carbonyl (C=O) groups is 1. The van der Waals surface area contributed by atoms with Crippen LogP contribution in [0.25, 0.3) is 0 Å². The predicted molar refractivity (Wildman–Crippen MR) is 102 cm³/mol. The number of rotatable bonds is 9. The maximum Gasteiger partial charge on any atom is 0.374 e. The van der Waals surface area contributed by atoms with Crippen molar-refractivity contribution < 1.29 is 23.4 Å². The molecule has 28 heavy (non-hydrogen) atoms. The molecule has 0 saturated heterocycles. The van der Waals surface area contributed by atoms with Crippen molar-refractivity contribution in [3.63, 3.8) is 0 Å². The molecule has 7 heteroatoms. The molecular weight excluding hydrogens is 363 g/mol. The van der Waals surface area contributed by atoms with Crippen molar-refractivity contribution in [3.05, 3.63) is 53.3 Å². The first kappa shape index (κ1) is 21.2. The monoisotopic (exact) mass is 386 g/mol. The largest absolute Gasteiger partial charge is 0.461 e. The van der Waals surface area contributed by atoms with Gasteiger partial charge in [0.25, 0.3) is 5.72 Å². The molecule has 0 radical (unpaired) electrons. The fraction of sp³-hybridized carbons (Fsp3) is 0.381. The number of aliphatic imine (C=N–C) groups is 1. The van der Waals surface area contributed by atoms with Crippen LogP contribution in [0.2, 0.25) is 0 Å². The van der Waals surface area contributed by atoms with Crippen LogP contribution < -0.4 is 4.74 Å². The molecule has 2 rings (SSSR count). The van der Waals surface area contributed by atoms with E-state index in [1.807, 2.05) is 13.0 Å². The number of halogens is 1. The van der Waals surface area contributed by atoms with E-state index in [0.717, 1.165) is 18.9 Å². The van der Waals surface area contributed by atoms with E-state index in [0.29, 0.717) is 31.0 Å². The highest BCUT2D eigenvalue weighted by Gasteiger charge is 2.37.